The van der Waals surface area contributed by atoms with Crippen LogP contribution in [0.3, 0.4) is 0 Å². The van der Waals surface area contributed by atoms with Crippen LogP contribution in [0.15, 0.2) is 42.6 Å². The molecule has 0 atom stereocenters. The third-order valence-corrected chi connectivity index (χ3v) is 3.64. The first-order valence-electron chi connectivity index (χ1n) is 6.27. The summed E-state index contributed by atoms with van der Waals surface area (Å²) in [6, 6.07) is 11.6. The molecule has 1 aliphatic carbocycles. The molecule has 0 bridgehead atoms. The normalized spacial score (nSPS) is 16.5. The molecule has 0 aliphatic heterocycles. The number of nitrogens with zero attached hydrogens (tertiary/aromatic N) is 1. The van der Waals surface area contributed by atoms with Crippen LogP contribution in [0.1, 0.15) is 31.7 Å². The van der Waals surface area contributed by atoms with Crippen LogP contribution in [0.4, 0.5) is 4.39 Å². The zero-order valence-electron chi connectivity index (χ0n) is 9.77. The molecule has 0 amide bonds. The molecule has 1 fully saturated rings. The minimum atomic E-state index is -0.173. The summed E-state index contributed by atoms with van der Waals surface area (Å²) in [6.07, 6.45) is 7.33. The lowest BCUT2D eigenvalue weighted by Crippen LogP contribution is -2.04. The molecule has 0 saturated heterocycles. The Balaban J connectivity index is 1.97. The predicted molar refractivity (Wildman–Crippen MR) is 67.3 cm³/mol. The molecule has 0 radical (unpaired) electrons. The Bertz CT molecular complexity index is 492. The molecule has 3 rings (SSSR count). The highest BCUT2D eigenvalue weighted by Gasteiger charge is 2.18. The molecule has 1 aromatic heterocycles. The van der Waals surface area contributed by atoms with E-state index < -0.39 is 0 Å². The molecule has 2 heteroatoms. The highest BCUT2D eigenvalue weighted by Crippen LogP contribution is 2.33. The second kappa shape index (κ2) is 4.36. The van der Waals surface area contributed by atoms with Gasteiger partial charge in [0.05, 0.1) is 0 Å². The highest BCUT2D eigenvalue weighted by molar-refractivity contribution is 5.60. The van der Waals surface area contributed by atoms with Crippen LogP contribution in [-0.4, -0.2) is 4.57 Å². The third-order valence-electron chi connectivity index (χ3n) is 3.64. The van der Waals surface area contributed by atoms with E-state index >= 15 is 0 Å². The Morgan fingerprint density at radius 3 is 2.41 bits per heavy atom. The van der Waals surface area contributed by atoms with Gasteiger partial charge in [0.25, 0.3) is 0 Å². The van der Waals surface area contributed by atoms with Gasteiger partial charge in [0, 0.05) is 17.9 Å². The maximum absolute atomic E-state index is 12.9. The second-order valence-corrected chi connectivity index (χ2v) is 4.75. The van der Waals surface area contributed by atoms with Crippen LogP contribution in [0, 0.1) is 5.82 Å². The van der Waals surface area contributed by atoms with Gasteiger partial charge in [0.15, 0.2) is 0 Å². The van der Waals surface area contributed by atoms with E-state index in [9.17, 15) is 4.39 Å². The van der Waals surface area contributed by atoms with Gasteiger partial charge in [-0.05, 0) is 54.8 Å². The Kier molecular flexibility index (Phi) is 2.71. The summed E-state index contributed by atoms with van der Waals surface area (Å²) in [4.78, 5) is 0. The quantitative estimate of drug-likeness (QED) is 0.718. The van der Waals surface area contributed by atoms with Crippen molar-refractivity contribution in [2.24, 2.45) is 0 Å². The lowest BCUT2D eigenvalue weighted by atomic mass is 10.1. The van der Waals surface area contributed by atoms with Crippen molar-refractivity contribution < 1.29 is 4.39 Å². The van der Waals surface area contributed by atoms with Crippen LogP contribution in [0.5, 0.6) is 0 Å². The number of rotatable bonds is 2. The second-order valence-electron chi connectivity index (χ2n) is 4.75. The van der Waals surface area contributed by atoms with Crippen molar-refractivity contribution in [2.45, 2.75) is 31.7 Å². The summed E-state index contributed by atoms with van der Waals surface area (Å²) < 4.78 is 15.3. The largest absolute Gasteiger partial charge is 0.344 e. The van der Waals surface area contributed by atoms with E-state index in [0.717, 1.165) is 5.56 Å². The van der Waals surface area contributed by atoms with Crippen molar-refractivity contribution in [3.63, 3.8) is 0 Å². The Morgan fingerprint density at radius 1 is 1.00 bits per heavy atom. The van der Waals surface area contributed by atoms with Gasteiger partial charge in [0.1, 0.15) is 5.82 Å². The van der Waals surface area contributed by atoms with E-state index in [2.05, 4.69) is 22.9 Å². The molecule has 1 heterocycles. The van der Waals surface area contributed by atoms with E-state index in [1.807, 2.05) is 12.1 Å². The summed E-state index contributed by atoms with van der Waals surface area (Å²) in [5, 5.41) is 0. The van der Waals surface area contributed by atoms with Crippen molar-refractivity contribution in [3.8, 4) is 11.3 Å². The maximum atomic E-state index is 12.9. The first kappa shape index (κ1) is 10.6. The molecular weight excluding hydrogens is 213 g/mol. The van der Waals surface area contributed by atoms with Crippen LogP contribution in [0.2, 0.25) is 0 Å². The molecule has 1 saturated carbocycles. The van der Waals surface area contributed by atoms with E-state index in [-0.39, 0.29) is 5.82 Å². The SMILES string of the molecule is Fc1ccc(-c2cccn2C2CCCC2)cc1. The minimum absolute atomic E-state index is 0.173. The Hall–Kier alpha value is -1.57. The topological polar surface area (TPSA) is 4.93 Å². The zero-order valence-corrected chi connectivity index (χ0v) is 9.77. The van der Waals surface area contributed by atoms with Crippen LogP contribution in [0.25, 0.3) is 11.3 Å². The van der Waals surface area contributed by atoms with E-state index in [1.54, 1.807) is 0 Å². The average molecular weight is 229 g/mol. The highest BCUT2D eigenvalue weighted by atomic mass is 19.1. The number of aromatic nitrogens is 1. The number of benzene rings is 1. The van der Waals surface area contributed by atoms with Crippen molar-refractivity contribution in [2.75, 3.05) is 0 Å². The molecule has 1 aromatic carbocycles. The van der Waals surface area contributed by atoms with Gasteiger partial charge >= 0.3 is 0 Å². The number of hydrogen-bond acceptors (Lipinski definition) is 0. The summed E-state index contributed by atoms with van der Waals surface area (Å²) in [5.41, 5.74) is 2.31. The number of hydrogen-bond donors (Lipinski definition) is 0. The van der Waals surface area contributed by atoms with Gasteiger partial charge in [0.2, 0.25) is 0 Å². The van der Waals surface area contributed by atoms with E-state index in [4.69, 9.17) is 0 Å². The van der Waals surface area contributed by atoms with Crippen molar-refractivity contribution in [1.29, 1.82) is 0 Å². The monoisotopic (exact) mass is 229 g/mol. The Morgan fingerprint density at radius 2 is 1.71 bits per heavy atom. The fourth-order valence-corrected chi connectivity index (χ4v) is 2.76. The average Bonchev–Trinajstić information content (AvgIpc) is 3.00. The summed E-state index contributed by atoms with van der Waals surface area (Å²) in [7, 11) is 0. The van der Waals surface area contributed by atoms with Crippen LogP contribution >= 0.6 is 0 Å². The van der Waals surface area contributed by atoms with Crippen molar-refractivity contribution in [3.05, 3.63) is 48.4 Å². The molecule has 88 valence electrons. The zero-order chi connectivity index (χ0) is 11.7. The first-order valence-corrected chi connectivity index (χ1v) is 6.27. The molecule has 0 spiro atoms. The van der Waals surface area contributed by atoms with Crippen molar-refractivity contribution >= 4 is 0 Å². The first-order chi connectivity index (χ1) is 8.34. The lowest BCUT2D eigenvalue weighted by Gasteiger charge is -2.16. The van der Waals surface area contributed by atoms with Crippen LogP contribution < -0.4 is 0 Å². The maximum Gasteiger partial charge on any atom is 0.123 e. The third kappa shape index (κ3) is 1.99. The van der Waals surface area contributed by atoms with Gasteiger partial charge in [-0.3, -0.25) is 0 Å². The van der Waals surface area contributed by atoms with Gasteiger partial charge < -0.3 is 4.57 Å². The molecule has 1 aliphatic rings. The molecule has 0 N–H and O–H groups in total. The van der Waals surface area contributed by atoms with Gasteiger partial charge in [-0.15, -0.1) is 0 Å². The summed E-state index contributed by atoms with van der Waals surface area (Å²) >= 11 is 0. The molecule has 17 heavy (non-hydrogen) atoms. The Labute approximate surface area is 101 Å². The van der Waals surface area contributed by atoms with E-state index in [0.29, 0.717) is 6.04 Å². The number of halogens is 1. The fraction of sp³-hybridized carbons (Fsp3) is 0.333. The summed E-state index contributed by atoms with van der Waals surface area (Å²) in [6.45, 7) is 0. The van der Waals surface area contributed by atoms with E-state index in [1.165, 1.54) is 43.5 Å². The smallest absolute Gasteiger partial charge is 0.123 e. The molecular formula is C15H16FN. The molecule has 0 unspecified atom stereocenters. The van der Waals surface area contributed by atoms with Crippen LogP contribution in [-0.2, 0) is 0 Å². The summed E-state index contributed by atoms with van der Waals surface area (Å²) in [5.74, 6) is -0.173. The minimum Gasteiger partial charge on any atom is -0.344 e. The standard InChI is InChI=1S/C15H16FN/c16-13-9-7-12(8-10-13)15-6-3-11-17(15)14-4-1-2-5-14/h3,6-11,14H,1-2,4-5H2. The fourth-order valence-electron chi connectivity index (χ4n) is 2.76. The van der Waals surface area contributed by atoms with Gasteiger partial charge in [-0.25, -0.2) is 4.39 Å². The van der Waals surface area contributed by atoms with Crippen molar-refractivity contribution in [1.82, 2.24) is 4.57 Å². The predicted octanol–water partition coefficient (Wildman–Crippen LogP) is 4.41. The van der Waals surface area contributed by atoms with Gasteiger partial charge in [-0.2, -0.15) is 0 Å². The molecule has 2 aromatic rings. The van der Waals surface area contributed by atoms with Gasteiger partial charge in [-0.1, -0.05) is 12.8 Å². The lowest BCUT2D eigenvalue weighted by molar-refractivity contribution is 0.526. The molecule has 1 nitrogen and oxygen atoms in total.